The minimum atomic E-state index is -4.49. The van der Waals surface area contributed by atoms with E-state index in [1.807, 2.05) is 20.8 Å². The van der Waals surface area contributed by atoms with Crippen molar-refractivity contribution in [2.75, 3.05) is 61.4 Å². The van der Waals surface area contributed by atoms with Gasteiger partial charge in [0.25, 0.3) is 0 Å². The van der Waals surface area contributed by atoms with Gasteiger partial charge in [0.1, 0.15) is 47.8 Å². The Morgan fingerprint density at radius 3 is 1.84 bits per heavy atom. The number of hydrogen-bond acceptors (Lipinski definition) is 11. The highest BCUT2D eigenvalue weighted by Gasteiger charge is 2.51. The molecule has 12 atom stereocenters. The summed E-state index contributed by atoms with van der Waals surface area (Å²) in [6.45, 7) is 9.74. The van der Waals surface area contributed by atoms with Crippen LogP contribution >= 0.6 is 11.6 Å². The summed E-state index contributed by atoms with van der Waals surface area (Å²) in [6.07, 6.45) is 1.90. The number of alkyl halides is 4. The van der Waals surface area contributed by atoms with Crippen LogP contribution in [0, 0.1) is 29.6 Å². The molecule has 3 aliphatic heterocycles. The fourth-order valence-electron chi connectivity index (χ4n) is 14.2. The summed E-state index contributed by atoms with van der Waals surface area (Å²) in [5, 5.41) is 10.4. The van der Waals surface area contributed by atoms with Gasteiger partial charge in [0.2, 0.25) is 65.0 Å². The first kappa shape index (κ1) is 71.3. The fraction of sp³-hybridized carbons (Fsp3) is 0.823. The highest BCUT2D eigenvalue weighted by atomic mass is 35.5. The van der Waals surface area contributed by atoms with Crippen LogP contribution in [0.2, 0.25) is 0 Å². The van der Waals surface area contributed by atoms with Crippen molar-refractivity contribution in [2.24, 2.45) is 29.6 Å². The van der Waals surface area contributed by atoms with E-state index in [4.69, 9.17) is 11.6 Å². The topological polar surface area (TPSA) is 259 Å². The van der Waals surface area contributed by atoms with E-state index in [1.54, 1.807) is 20.9 Å². The van der Waals surface area contributed by atoms with Gasteiger partial charge in [-0.3, -0.25) is 52.7 Å². The molecule has 6 rings (SSSR count). The number of fused-ring (bicyclic) bond motifs is 2. The predicted octanol–water partition coefficient (Wildman–Crippen LogP) is 4.34. The molecular formula is C62H99ClF3N11O11. The summed E-state index contributed by atoms with van der Waals surface area (Å²) >= 11 is 6.35. The number of likely N-dealkylation sites (N-methyl/N-ethyl adjacent to an activating group) is 5. The Hall–Kier alpha value is -5.75. The van der Waals surface area contributed by atoms with Crippen LogP contribution in [0.5, 0.6) is 0 Å². The first-order valence-corrected chi connectivity index (χ1v) is 32.6. The largest absolute Gasteiger partial charge is 0.393 e. The molecule has 11 amide bonds. The first-order chi connectivity index (χ1) is 41.3. The maximum Gasteiger partial charge on any atom is 0.393 e. The SMILES string of the molecule is CC[C@H](C)[C@@H]1NC(=O)[C@H](C)N(C)C(=O)C[C@@H](C)NC(=O)[C@H](C2CCCC2)N(C)C(=O)C2(CCCC2)NC(=O)[C@@H]2CCCN2C(=O)[C@H](CCC2CCC(C(F)(F)F)C(Cl)C2)NC(=O)CN(C)C(=O)[C@H](CC(C)C)N(C)C(=O)[C@@H]2CCCN2C(=O)CN(C)C1=O. The lowest BCUT2D eigenvalue weighted by molar-refractivity contribution is -0.182. The zero-order valence-corrected chi connectivity index (χ0v) is 54.4. The summed E-state index contributed by atoms with van der Waals surface area (Å²) in [5.74, 6) is -9.22. The van der Waals surface area contributed by atoms with E-state index in [0.29, 0.717) is 44.9 Å². The predicted molar refractivity (Wildman–Crippen MR) is 322 cm³/mol. The van der Waals surface area contributed by atoms with Crippen molar-refractivity contribution in [3.8, 4) is 0 Å². The van der Waals surface area contributed by atoms with E-state index < -0.39 is 155 Å². The number of nitrogens with zero attached hydrogens (tertiary/aromatic N) is 7. The van der Waals surface area contributed by atoms with Gasteiger partial charge in [-0.15, -0.1) is 11.6 Å². The highest BCUT2D eigenvalue weighted by Crippen LogP contribution is 2.44. The van der Waals surface area contributed by atoms with Crippen molar-refractivity contribution in [2.45, 2.75) is 235 Å². The van der Waals surface area contributed by atoms with Crippen LogP contribution in [0.1, 0.15) is 170 Å². The third-order valence-electron chi connectivity index (χ3n) is 19.9. The van der Waals surface area contributed by atoms with Gasteiger partial charge in [0, 0.05) is 66.2 Å². The standard InChI is InChI=1S/C62H99ClF3N11O11/c1-12-37(4)51-59(87)72(8)35-50(80)76-29-18-22-46(76)58(86)74(10)47(31-36(2)3)57(85)71(7)34-48(78)68-44(26-24-40-23-25-42(43(63)33-40)62(64,65)66)56(84)77-30-17-21-45(77)54(82)70-61(27-15-16-28-61)60(88)75(11)52(41-19-13-14-20-41)55(83)67-38(5)32-49(79)73(9)39(6)53(81)69-51/h36-47,51-52H,12-35H2,1-11H3,(H,67,83)(H,68,78)(H,69,81)(H,70,82)/t37-,38+,39-,40?,42?,43?,44-,45-,46-,47-,51-,52-/m0/s1. The van der Waals surface area contributed by atoms with E-state index in [2.05, 4.69) is 21.3 Å². The third-order valence-corrected chi connectivity index (χ3v) is 20.4. The van der Waals surface area contributed by atoms with Crippen LogP contribution in [0.3, 0.4) is 0 Å². The normalized spacial score (nSPS) is 31.5. The molecule has 0 aromatic heterocycles. The summed E-state index contributed by atoms with van der Waals surface area (Å²) < 4.78 is 41.7. The Kier molecular flexibility index (Phi) is 25.0. The maximum absolute atomic E-state index is 15.1. The monoisotopic (exact) mass is 1270 g/mol. The Balaban J connectivity index is 1.33. The number of nitrogens with one attached hydrogen (secondary N) is 4. The van der Waals surface area contributed by atoms with E-state index in [0.717, 1.165) is 17.7 Å². The summed E-state index contributed by atoms with van der Waals surface area (Å²) in [7, 11) is 7.25. The van der Waals surface area contributed by atoms with Crippen LogP contribution < -0.4 is 21.3 Å². The Labute approximate surface area is 522 Å². The van der Waals surface area contributed by atoms with Crippen molar-refractivity contribution in [1.29, 1.82) is 0 Å². The quantitative estimate of drug-likeness (QED) is 0.249. The molecule has 3 unspecified atom stereocenters. The third kappa shape index (κ3) is 17.2. The molecule has 3 saturated carbocycles. The molecule has 0 radical (unpaired) electrons. The average molecular weight is 1270 g/mol. The summed E-state index contributed by atoms with van der Waals surface area (Å²) in [5.41, 5.74) is -1.45. The van der Waals surface area contributed by atoms with Gasteiger partial charge in [-0.2, -0.15) is 13.2 Å². The lowest BCUT2D eigenvalue weighted by Gasteiger charge is -2.40. The van der Waals surface area contributed by atoms with Crippen LogP contribution in [0.15, 0.2) is 0 Å². The molecule has 26 heteroatoms. The summed E-state index contributed by atoms with van der Waals surface area (Å²) in [6, 6.07) is -8.48. The van der Waals surface area contributed by atoms with E-state index >= 15 is 9.59 Å². The van der Waals surface area contributed by atoms with Gasteiger partial charge in [-0.25, -0.2) is 0 Å². The van der Waals surface area contributed by atoms with E-state index in [9.17, 15) is 56.3 Å². The molecular weight excluding hydrogens is 1170 g/mol. The summed E-state index contributed by atoms with van der Waals surface area (Å²) in [4.78, 5) is 168. The number of amides is 11. The molecule has 3 saturated heterocycles. The fourth-order valence-corrected chi connectivity index (χ4v) is 14.8. The van der Waals surface area contributed by atoms with Crippen LogP contribution in [0.25, 0.3) is 0 Å². The van der Waals surface area contributed by atoms with Crippen molar-refractivity contribution < 1.29 is 65.9 Å². The molecule has 3 aliphatic carbocycles. The second-order valence-electron chi connectivity index (χ2n) is 26.8. The molecule has 1 spiro atoms. The second-order valence-corrected chi connectivity index (χ2v) is 27.4. The molecule has 496 valence electrons. The van der Waals surface area contributed by atoms with Gasteiger partial charge in [-0.05, 0) is 127 Å². The minimum Gasteiger partial charge on any atom is -0.351 e. The molecule has 4 N–H and O–H groups in total. The van der Waals surface area contributed by atoms with Crippen molar-refractivity contribution >= 4 is 76.6 Å². The first-order valence-electron chi connectivity index (χ1n) is 32.1. The maximum atomic E-state index is 15.1. The van der Waals surface area contributed by atoms with Crippen LogP contribution in [-0.2, 0) is 52.7 Å². The van der Waals surface area contributed by atoms with Crippen molar-refractivity contribution in [3.63, 3.8) is 0 Å². The highest BCUT2D eigenvalue weighted by molar-refractivity contribution is 6.20. The minimum absolute atomic E-state index is 0.0166. The zero-order chi connectivity index (χ0) is 65.3. The van der Waals surface area contributed by atoms with E-state index in [-0.39, 0.29) is 101 Å². The average Bonchev–Trinajstić information content (AvgIpc) is 2.30. The molecule has 6 fully saturated rings. The molecule has 6 aliphatic rings. The van der Waals surface area contributed by atoms with Crippen LogP contribution in [0.4, 0.5) is 13.2 Å². The lowest BCUT2D eigenvalue weighted by Crippen LogP contribution is -2.64. The Morgan fingerprint density at radius 2 is 1.24 bits per heavy atom. The molecule has 3 heterocycles. The molecule has 0 aromatic carbocycles. The number of carbonyl (C=O) groups excluding carboxylic acids is 11. The Morgan fingerprint density at radius 1 is 0.625 bits per heavy atom. The number of halogens is 4. The molecule has 0 aromatic rings. The van der Waals surface area contributed by atoms with Gasteiger partial charge in [0.15, 0.2) is 0 Å². The second kappa shape index (κ2) is 30.8. The molecule has 88 heavy (non-hydrogen) atoms. The lowest BCUT2D eigenvalue weighted by atomic mass is 9.78. The van der Waals surface area contributed by atoms with Gasteiger partial charge in [0.05, 0.1) is 19.0 Å². The number of hydrogen-bond donors (Lipinski definition) is 4. The van der Waals surface area contributed by atoms with Gasteiger partial charge < -0.3 is 55.6 Å². The van der Waals surface area contributed by atoms with Crippen molar-refractivity contribution in [1.82, 2.24) is 55.6 Å². The molecule has 22 nitrogen and oxygen atoms in total. The van der Waals surface area contributed by atoms with Gasteiger partial charge in [-0.1, -0.05) is 59.8 Å². The Bertz CT molecular complexity index is 2550. The molecule has 0 bridgehead atoms. The van der Waals surface area contributed by atoms with Crippen LogP contribution in [-0.4, -0.2) is 226 Å². The van der Waals surface area contributed by atoms with Gasteiger partial charge >= 0.3 is 6.18 Å². The zero-order valence-electron chi connectivity index (χ0n) is 53.7. The van der Waals surface area contributed by atoms with E-state index in [1.165, 1.54) is 64.5 Å². The number of carbonyl (C=O) groups is 11. The smallest absolute Gasteiger partial charge is 0.351 e. The van der Waals surface area contributed by atoms with Crippen molar-refractivity contribution in [3.05, 3.63) is 0 Å². The number of rotatable bonds is 8.